The topological polar surface area (TPSA) is 80.4 Å². The standard InChI is InChI=1S/C17H28NO4/c1-2-3-4-10-13-16(18(21)22)17(20)14-11-8-6-5-7-9-12-15-19/h16-17,20H,2-10,12-13H2,1H3. The predicted molar refractivity (Wildman–Crippen MR) is 86.7 cm³/mol. The van der Waals surface area contributed by atoms with Crippen LogP contribution < -0.4 is 0 Å². The minimum atomic E-state index is -1.18. The van der Waals surface area contributed by atoms with Gasteiger partial charge in [-0.15, -0.1) is 5.92 Å². The van der Waals surface area contributed by atoms with E-state index in [1.165, 1.54) is 0 Å². The Bertz CT molecular complexity index is 359. The van der Waals surface area contributed by atoms with Gasteiger partial charge in [-0.25, -0.2) is 0 Å². The number of aliphatic hydroxyl groups excluding tert-OH is 1. The van der Waals surface area contributed by atoms with Gasteiger partial charge in [-0.2, -0.15) is 0 Å². The molecule has 0 saturated heterocycles. The summed E-state index contributed by atoms with van der Waals surface area (Å²) in [5, 5.41) is 20.8. The Hall–Kier alpha value is -1.41. The van der Waals surface area contributed by atoms with Gasteiger partial charge < -0.3 is 5.11 Å². The highest BCUT2D eigenvalue weighted by atomic mass is 16.6. The largest absolute Gasteiger partial charge is 0.374 e. The summed E-state index contributed by atoms with van der Waals surface area (Å²) >= 11 is 0. The highest BCUT2D eigenvalue weighted by Crippen LogP contribution is 2.11. The van der Waals surface area contributed by atoms with Crippen LogP contribution in [0.25, 0.3) is 0 Å². The Morgan fingerprint density at radius 2 is 1.68 bits per heavy atom. The van der Waals surface area contributed by atoms with E-state index in [0.29, 0.717) is 19.3 Å². The van der Waals surface area contributed by atoms with Gasteiger partial charge in [0.25, 0.3) is 0 Å². The molecule has 2 unspecified atom stereocenters. The van der Waals surface area contributed by atoms with Gasteiger partial charge in [0.1, 0.15) is 0 Å². The molecule has 0 amide bonds. The lowest BCUT2D eigenvalue weighted by Crippen LogP contribution is -2.32. The fraction of sp³-hybridized carbons (Fsp3) is 0.824. The van der Waals surface area contributed by atoms with Crippen LogP contribution in [0, 0.1) is 22.0 Å². The third kappa shape index (κ3) is 11.3. The maximum Gasteiger partial charge on any atom is 0.249 e. The van der Waals surface area contributed by atoms with Gasteiger partial charge in [-0.1, -0.05) is 44.9 Å². The van der Waals surface area contributed by atoms with Gasteiger partial charge in [-0.05, 0) is 19.3 Å². The van der Waals surface area contributed by atoms with Gasteiger partial charge in [0.05, 0.1) is 0 Å². The van der Waals surface area contributed by atoms with Crippen molar-refractivity contribution in [3.63, 3.8) is 0 Å². The normalized spacial score (nSPS) is 13.0. The van der Waals surface area contributed by atoms with Crippen LogP contribution in [0.3, 0.4) is 0 Å². The molecule has 0 spiro atoms. The molecule has 125 valence electrons. The van der Waals surface area contributed by atoms with Gasteiger partial charge in [0, 0.05) is 24.2 Å². The molecule has 0 fully saturated rings. The molecular formula is C17H28NO4. The molecule has 5 heteroatoms. The number of nitro groups is 1. The van der Waals surface area contributed by atoms with E-state index in [2.05, 4.69) is 18.8 Å². The molecule has 1 N–H and O–H groups in total. The summed E-state index contributed by atoms with van der Waals surface area (Å²) in [7, 11) is 0. The van der Waals surface area contributed by atoms with Crippen molar-refractivity contribution in [1.29, 1.82) is 0 Å². The lowest BCUT2D eigenvalue weighted by molar-refractivity contribution is -0.532. The zero-order chi connectivity index (χ0) is 16.6. The summed E-state index contributed by atoms with van der Waals surface area (Å²) in [5.74, 6) is 5.44. The van der Waals surface area contributed by atoms with Crippen LogP contribution in [0.4, 0.5) is 0 Å². The SMILES string of the molecule is CCCCCCC(C(O)C#CCCCCCC[C]=O)[N+](=O)[O-]. The van der Waals surface area contributed by atoms with E-state index >= 15 is 0 Å². The number of hydrogen-bond donors (Lipinski definition) is 1. The van der Waals surface area contributed by atoms with E-state index in [4.69, 9.17) is 0 Å². The first kappa shape index (κ1) is 20.6. The van der Waals surface area contributed by atoms with Gasteiger partial charge >= 0.3 is 0 Å². The molecule has 0 heterocycles. The quantitative estimate of drug-likeness (QED) is 0.245. The first-order chi connectivity index (χ1) is 10.6. The van der Waals surface area contributed by atoms with E-state index in [1.54, 1.807) is 0 Å². The summed E-state index contributed by atoms with van der Waals surface area (Å²) in [5.41, 5.74) is 0. The lowest BCUT2D eigenvalue weighted by Gasteiger charge is -2.11. The molecule has 5 nitrogen and oxygen atoms in total. The molecule has 0 rings (SSSR count). The highest BCUT2D eigenvalue weighted by molar-refractivity contribution is 5.50. The minimum Gasteiger partial charge on any atom is -0.374 e. The number of aliphatic hydroxyl groups is 1. The maximum absolute atomic E-state index is 11.0. The molecule has 0 aromatic heterocycles. The Morgan fingerprint density at radius 3 is 2.27 bits per heavy atom. The molecule has 0 aliphatic carbocycles. The monoisotopic (exact) mass is 310 g/mol. The molecule has 0 aliphatic rings. The van der Waals surface area contributed by atoms with Crippen molar-refractivity contribution in [2.24, 2.45) is 0 Å². The molecule has 0 aliphatic heterocycles. The van der Waals surface area contributed by atoms with Crippen molar-refractivity contribution in [3.8, 4) is 11.8 Å². The van der Waals surface area contributed by atoms with Crippen molar-refractivity contribution < 1.29 is 14.8 Å². The molecule has 0 aromatic carbocycles. The first-order valence-electron chi connectivity index (χ1n) is 8.28. The van der Waals surface area contributed by atoms with Gasteiger partial charge in [-0.3, -0.25) is 14.9 Å². The first-order valence-corrected chi connectivity index (χ1v) is 8.28. The minimum absolute atomic E-state index is 0.380. The summed E-state index contributed by atoms with van der Waals surface area (Å²) < 4.78 is 0. The Labute approximate surface area is 133 Å². The Morgan fingerprint density at radius 1 is 1.05 bits per heavy atom. The number of rotatable bonds is 13. The second-order valence-corrected chi connectivity index (χ2v) is 5.53. The van der Waals surface area contributed by atoms with Crippen LogP contribution in [-0.4, -0.2) is 28.5 Å². The van der Waals surface area contributed by atoms with E-state index in [9.17, 15) is 20.0 Å². The Kier molecular flexibility index (Phi) is 13.6. The Balaban J connectivity index is 3.96. The number of hydrogen-bond acceptors (Lipinski definition) is 4. The van der Waals surface area contributed by atoms with E-state index in [0.717, 1.165) is 51.4 Å². The lowest BCUT2D eigenvalue weighted by atomic mass is 10.0. The molecule has 0 saturated carbocycles. The van der Waals surface area contributed by atoms with Crippen LogP contribution >= 0.6 is 0 Å². The maximum atomic E-state index is 11.0. The fourth-order valence-corrected chi connectivity index (χ4v) is 2.20. The van der Waals surface area contributed by atoms with Crippen LogP contribution in [0.1, 0.15) is 77.6 Å². The molecule has 2 atom stereocenters. The third-order valence-electron chi connectivity index (χ3n) is 3.57. The van der Waals surface area contributed by atoms with Crippen molar-refractivity contribution >= 4 is 6.29 Å². The zero-order valence-electron chi connectivity index (χ0n) is 13.6. The molecule has 0 aromatic rings. The van der Waals surface area contributed by atoms with Gasteiger partial charge in [0.15, 0.2) is 12.4 Å². The summed E-state index contributed by atoms with van der Waals surface area (Å²) in [6.07, 6.45) is 9.70. The smallest absolute Gasteiger partial charge is 0.249 e. The average Bonchev–Trinajstić information content (AvgIpc) is 2.49. The highest BCUT2D eigenvalue weighted by Gasteiger charge is 2.27. The zero-order valence-corrected chi connectivity index (χ0v) is 13.6. The van der Waals surface area contributed by atoms with Crippen molar-refractivity contribution in [3.05, 3.63) is 10.1 Å². The summed E-state index contributed by atoms with van der Waals surface area (Å²) in [4.78, 5) is 20.6. The predicted octanol–water partition coefficient (Wildman–Crippen LogP) is 3.42. The molecular weight excluding hydrogens is 282 g/mol. The van der Waals surface area contributed by atoms with Crippen molar-refractivity contribution in [1.82, 2.24) is 0 Å². The van der Waals surface area contributed by atoms with E-state index in [1.807, 2.05) is 6.29 Å². The number of nitrogens with zero attached hydrogens (tertiary/aromatic N) is 1. The average molecular weight is 310 g/mol. The van der Waals surface area contributed by atoms with Gasteiger partial charge in [0.2, 0.25) is 6.04 Å². The summed E-state index contributed by atoms with van der Waals surface area (Å²) in [6.45, 7) is 2.09. The molecule has 22 heavy (non-hydrogen) atoms. The molecule has 1 radical (unpaired) electrons. The summed E-state index contributed by atoms with van der Waals surface area (Å²) in [6, 6.07) is -0.979. The van der Waals surface area contributed by atoms with Crippen LogP contribution in [-0.2, 0) is 4.79 Å². The van der Waals surface area contributed by atoms with Crippen molar-refractivity contribution in [2.45, 2.75) is 89.7 Å². The fourth-order valence-electron chi connectivity index (χ4n) is 2.20. The van der Waals surface area contributed by atoms with Crippen molar-refractivity contribution in [2.75, 3.05) is 0 Å². The third-order valence-corrected chi connectivity index (χ3v) is 3.57. The second kappa shape index (κ2) is 14.5. The number of unbranched alkanes of at least 4 members (excludes halogenated alkanes) is 8. The van der Waals surface area contributed by atoms with E-state index in [-0.39, 0.29) is 0 Å². The molecule has 0 bridgehead atoms. The second-order valence-electron chi connectivity index (χ2n) is 5.53. The van der Waals surface area contributed by atoms with Crippen LogP contribution in [0.15, 0.2) is 0 Å². The van der Waals surface area contributed by atoms with Crippen LogP contribution in [0.5, 0.6) is 0 Å². The van der Waals surface area contributed by atoms with Crippen LogP contribution in [0.2, 0.25) is 0 Å². The van der Waals surface area contributed by atoms with E-state index < -0.39 is 17.1 Å². The number of carbonyl (C=O) groups excluding carboxylic acids is 1.